The molecular weight excluding hydrogens is 314 g/mol. The maximum Gasteiger partial charge on any atom is 0.408 e. The summed E-state index contributed by atoms with van der Waals surface area (Å²) in [6, 6.07) is 10.5. The lowest BCUT2D eigenvalue weighted by Gasteiger charge is -2.32. The molecule has 1 aromatic carbocycles. The summed E-state index contributed by atoms with van der Waals surface area (Å²) >= 11 is 1.66. The fourth-order valence-corrected chi connectivity index (χ4v) is 4.22. The topological polar surface area (TPSA) is 82.4 Å². The molecule has 2 aliphatic heterocycles. The standard InChI is InChI=1S/C16H17N3O3S/c17-9-12-6-7-23-14-8-13(15(20)19(12)14)18-16(21)22-10-11-4-2-1-3-5-11/h1-5,12-14H,6-8,10H2,(H,18,21)/t12-,13-,14-/m0/s1. The number of hydrogen-bond acceptors (Lipinski definition) is 5. The lowest BCUT2D eigenvalue weighted by molar-refractivity contribution is -0.131. The molecule has 0 bridgehead atoms. The molecule has 0 aliphatic carbocycles. The minimum Gasteiger partial charge on any atom is -0.445 e. The number of benzene rings is 1. The van der Waals surface area contributed by atoms with Gasteiger partial charge in [-0.1, -0.05) is 30.3 Å². The summed E-state index contributed by atoms with van der Waals surface area (Å²) in [5.74, 6) is 0.670. The van der Waals surface area contributed by atoms with Crippen LogP contribution in [-0.2, 0) is 16.1 Å². The highest BCUT2D eigenvalue weighted by Crippen LogP contribution is 2.35. The molecule has 0 aromatic heterocycles. The molecule has 2 aliphatic rings. The third-order valence-corrected chi connectivity index (χ3v) is 5.27. The van der Waals surface area contributed by atoms with Gasteiger partial charge in [0.15, 0.2) is 0 Å². The predicted molar refractivity (Wildman–Crippen MR) is 85.3 cm³/mol. The van der Waals surface area contributed by atoms with Crippen molar-refractivity contribution in [3.8, 4) is 6.07 Å². The van der Waals surface area contributed by atoms with Crippen molar-refractivity contribution < 1.29 is 14.3 Å². The van der Waals surface area contributed by atoms with Crippen molar-refractivity contribution in [1.82, 2.24) is 10.2 Å². The van der Waals surface area contributed by atoms with Gasteiger partial charge in [0.05, 0.1) is 11.4 Å². The Hall–Kier alpha value is -2.20. The van der Waals surface area contributed by atoms with E-state index in [1.807, 2.05) is 30.3 Å². The van der Waals surface area contributed by atoms with Crippen LogP contribution < -0.4 is 5.32 Å². The van der Waals surface area contributed by atoms with E-state index in [9.17, 15) is 9.59 Å². The normalized spacial score (nSPS) is 26.3. The van der Waals surface area contributed by atoms with Crippen LogP contribution >= 0.6 is 11.8 Å². The molecule has 120 valence electrons. The first-order valence-electron chi connectivity index (χ1n) is 7.49. The van der Waals surface area contributed by atoms with E-state index in [4.69, 9.17) is 10.00 Å². The SMILES string of the molecule is N#C[C@@H]1CCS[C@H]2C[C@H](NC(=O)OCc3ccccc3)C(=O)N12. The Balaban J connectivity index is 1.55. The monoisotopic (exact) mass is 331 g/mol. The lowest BCUT2D eigenvalue weighted by atomic mass is 10.2. The summed E-state index contributed by atoms with van der Waals surface area (Å²) in [5, 5.41) is 11.8. The summed E-state index contributed by atoms with van der Waals surface area (Å²) in [7, 11) is 0. The Morgan fingerprint density at radius 1 is 1.43 bits per heavy atom. The second-order valence-corrected chi connectivity index (χ2v) is 6.78. The van der Waals surface area contributed by atoms with Gasteiger partial charge in [0.25, 0.3) is 0 Å². The lowest BCUT2D eigenvalue weighted by Crippen LogP contribution is -2.47. The van der Waals surface area contributed by atoms with E-state index in [1.54, 1.807) is 16.7 Å². The second kappa shape index (κ2) is 6.92. The van der Waals surface area contributed by atoms with Crippen molar-refractivity contribution in [3.63, 3.8) is 0 Å². The van der Waals surface area contributed by atoms with Gasteiger partial charge in [0, 0.05) is 6.42 Å². The number of hydrogen-bond donors (Lipinski definition) is 1. The Morgan fingerprint density at radius 2 is 2.22 bits per heavy atom. The van der Waals surface area contributed by atoms with E-state index < -0.39 is 12.1 Å². The third-order valence-electron chi connectivity index (χ3n) is 3.99. The number of amides is 2. The average Bonchev–Trinajstić information content (AvgIpc) is 2.90. The van der Waals surface area contributed by atoms with E-state index in [0.717, 1.165) is 11.3 Å². The highest BCUT2D eigenvalue weighted by molar-refractivity contribution is 7.99. The quantitative estimate of drug-likeness (QED) is 0.914. The zero-order valence-corrected chi connectivity index (χ0v) is 13.3. The molecule has 6 nitrogen and oxygen atoms in total. The zero-order valence-electron chi connectivity index (χ0n) is 12.5. The highest BCUT2D eigenvalue weighted by Gasteiger charge is 2.46. The Bertz CT molecular complexity index is 631. The molecule has 1 aromatic rings. The van der Waals surface area contributed by atoms with Crippen molar-refractivity contribution in [3.05, 3.63) is 35.9 Å². The largest absolute Gasteiger partial charge is 0.445 e. The molecule has 0 saturated carbocycles. The summed E-state index contributed by atoms with van der Waals surface area (Å²) in [6.07, 6.45) is 0.585. The molecule has 3 atom stereocenters. The maximum atomic E-state index is 12.4. The minimum absolute atomic E-state index is 0.0275. The summed E-state index contributed by atoms with van der Waals surface area (Å²) in [4.78, 5) is 25.9. The molecular formula is C16H17N3O3S. The van der Waals surface area contributed by atoms with Crippen LogP contribution in [-0.4, -0.2) is 40.1 Å². The van der Waals surface area contributed by atoms with Crippen molar-refractivity contribution in [2.24, 2.45) is 0 Å². The average molecular weight is 331 g/mol. The van der Waals surface area contributed by atoms with Crippen LogP contribution in [0.3, 0.4) is 0 Å². The number of carbonyl (C=O) groups excluding carboxylic acids is 2. The van der Waals surface area contributed by atoms with Gasteiger partial charge in [-0.15, -0.1) is 11.8 Å². The molecule has 2 heterocycles. The number of alkyl carbamates (subject to hydrolysis) is 1. The van der Waals surface area contributed by atoms with Gasteiger partial charge in [0.2, 0.25) is 5.91 Å². The number of nitrogens with one attached hydrogen (secondary N) is 1. The van der Waals surface area contributed by atoms with Gasteiger partial charge in [-0.2, -0.15) is 5.26 Å². The van der Waals surface area contributed by atoms with Gasteiger partial charge in [-0.25, -0.2) is 4.79 Å². The number of thioether (sulfide) groups is 1. The molecule has 2 amide bonds. The van der Waals surface area contributed by atoms with Gasteiger partial charge in [-0.3, -0.25) is 4.79 Å². The van der Waals surface area contributed by atoms with E-state index in [2.05, 4.69) is 11.4 Å². The summed E-state index contributed by atoms with van der Waals surface area (Å²) in [6.45, 7) is 0.163. The third kappa shape index (κ3) is 3.42. The molecule has 23 heavy (non-hydrogen) atoms. The van der Waals surface area contributed by atoms with Crippen LogP contribution in [0.4, 0.5) is 4.79 Å². The molecule has 0 spiro atoms. The molecule has 2 fully saturated rings. The smallest absolute Gasteiger partial charge is 0.408 e. The highest BCUT2D eigenvalue weighted by atomic mass is 32.2. The number of nitriles is 1. The van der Waals surface area contributed by atoms with E-state index in [-0.39, 0.29) is 23.9 Å². The van der Waals surface area contributed by atoms with E-state index >= 15 is 0 Å². The summed E-state index contributed by atoms with van der Waals surface area (Å²) < 4.78 is 5.15. The Labute approximate surface area is 138 Å². The van der Waals surface area contributed by atoms with Crippen molar-refractivity contribution in [2.45, 2.75) is 36.9 Å². The van der Waals surface area contributed by atoms with Crippen LogP contribution in [0.5, 0.6) is 0 Å². The minimum atomic E-state index is -0.607. The number of fused-ring (bicyclic) bond motifs is 1. The number of nitrogens with zero attached hydrogens (tertiary/aromatic N) is 2. The number of carbonyl (C=O) groups is 2. The molecule has 2 saturated heterocycles. The molecule has 1 N–H and O–H groups in total. The van der Waals surface area contributed by atoms with Crippen LogP contribution in [0.15, 0.2) is 30.3 Å². The molecule has 0 unspecified atom stereocenters. The van der Waals surface area contributed by atoms with Crippen LogP contribution in [0.25, 0.3) is 0 Å². The van der Waals surface area contributed by atoms with Gasteiger partial charge >= 0.3 is 6.09 Å². The zero-order chi connectivity index (χ0) is 16.2. The molecule has 7 heteroatoms. The number of ether oxygens (including phenoxy) is 1. The van der Waals surface area contributed by atoms with E-state index in [1.165, 1.54) is 0 Å². The van der Waals surface area contributed by atoms with Gasteiger partial charge < -0.3 is 15.0 Å². The Kier molecular flexibility index (Phi) is 4.72. The van der Waals surface area contributed by atoms with Crippen LogP contribution in [0, 0.1) is 11.3 Å². The second-order valence-electron chi connectivity index (χ2n) is 5.50. The fraction of sp³-hybridized carbons (Fsp3) is 0.438. The molecule has 3 rings (SSSR count). The van der Waals surface area contributed by atoms with Crippen LogP contribution in [0.2, 0.25) is 0 Å². The van der Waals surface area contributed by atoms with Crippen molar-refractivity contribution >= 4 is 23.8 Å². The summed E-state index contributed by atoms with van der Waals surface area (Å²) in [5.41, 5.74) is 0.887. The van der Waals surface area contributed by atoms with Crippen molar-refractivity contribution in [1.29, 1.82) is 5.26 Å². The van der Waals surface area contributed by atoms with Crippen LogP contribution in [0.1, 0.15) is 18.4 Å². The van der Waals surface area contributed by atoms with Gasteiger partial charge in [0.1, 0.15) is 18.7 Å². The van der Waals surface area contributed by atoms with E-state index in [0.29, 0.717) is 12.8 Å². The van der Waals surface area contributed by atoms with Gasteiger partial charge in [-0.05, 0) is 17.7 Å². The number of rotatable bonds is 3. The first-order valence-corrected chi connectivity index (χ1v) is 8.54. The maximum absolute atomic E-state index is 12.4. The molecule has 0 radical (unpaired) electrons. The van der Waals surface area contributed by atoms with Crippen molar-refractivity contribution in [2.75, 3.05) is 5.75 Å². The first kappa shape index (κ1) is 15.7. The first-order chi connectivity index (χ1) is 11.2. The Morgan fingerprint density at radius 3 is 2.96 bits per heavy atom. The fourth-order valence-electron chi connectivity index (χ4n) is 2.85. The predicted octanol–water partition coefficient (Wildman–Crippen LogP) is 1.87.